The second-order valence-corrected chi connectivity index (χ2v) is 6.78. The number of benzene rings is 2. The third-order valence-corrected chi connectivity index (χ3v) is 3.59. The lowest BCUT2D eigenvalue weighted by Gasteiger charge is -2.17. The Kier molecular flexibility index (Phi) is 3.68. The van der Waals surface area contributed by atoms with Crippen LogP contribution in [0.1, 0.15) is 26.3 Å². The number of carbonyl (C=O) groups is 1. The fourth-order valence-electron chi connectivity index (χ4n) is 2.22. The van der Waals surface area contributed by atoms with Gasteiger partial charge >= 0.3 is 0 Å². The molecule has 0 atom stereocenters. The molecule has 0 bridgehead atoms. The van der Waals surface area contributed by atoms with Crippen LogP contribution >= 0.6 is 0 Å². The zero-order chi connectivity index (χ0) is 16.6. The van der Waals surface area contributed by atoms with E-state index in [1.165, 1.54) is 0 Å². The van der Waals surface area contributed by atoms with E-state index in [0.29, 0.717) is 17.2 Å². The maximum atomic E-state index is 12.1. The van der Waals surface area contributed by atoms with E-state index in [9.17, 15) is 4.79 Å². The molecule has 0 saturated heterocycles. The summed E-state index contributed by atoms with van der Waals surface area (Å²) in [6.07, 6.45) is 0. The minimum atomic E-state index is -0.441. The third-order valence-electron chi connectivity index (χ3n) is 3.59. The number of fused-ring (bicyclic) bond motifs is 1. The molecule has 1 heterocycles. The number of hydrogen-bond donors (Lipinski definition) is 1. The molecule has 0 aliphatic rings. The number of hydrogen-bond acceptors (Lipinski definition) is 3. The summed E-state index contributed by atoms with van der Waals surface area (Å²) in [6, 6.07) is 13.5. The Morgan fingerprint density at radius 2 is 1.91 bits per heavy atom. The lowest BCUT2D eigenvalue weighted by molar-refractivity contribution is -0.123. The van der Waals surface area contributed by atoms with E-state index in [4.69, 9.17) is 4.42 Å². The Balaban J connectivity index is 1.94. The van der Waals surface area contributed by atoms with Gasteiger partial charge in [-0.1, -0.05) is 38.5 Å². The van der Waals surface area contributed by atoms with Gasteiger partial charge in [-0.15, -0.1) is 0 Å². The van der Waals surface area contributed by atoms with Crippen molar-refractivity contribution in [3.8, 4) is 11.5 Å². The highest BCUT2D eigenvalue weighted by Crippen LogP contribution is 2.27. The molecular weight excluding hydrogens is 288 g/mol. The number of nitrogens with zero attached hydrogens (tertiary/aromatic N) is 1. The van der Waals surface area contributed by atoms with Crippen LogP contribution in [0.25, 0.3) is 22.6 Å². The Labute approximate surface area is 135 Å². The first-order valence-electron chi connectivity index (χ1n) is 7.62. The molecular formula is C19H20N2O2. The van der Waals surface area contributed by atoms with Crippen molar-refractivity contribution < 1.29 is 9.21 Å². The summed E-state index contributed by atoms with van der Waals surface area (Å²) in [4.78, 5) is 16.6. The first-order chi connectivity index (χ1) is 10.8. The Bertz CT molecular complexity index is 872. The predicted molar refractivity (Wildman–Crippen MR) is 92.3 cm³/mol. The van der Waals surface area contributed by atoms with Gasteiger partial charge in [0.05, 0.1) is 0 Å². The smallest absolute Gasteiger partial charge is 0.229 e. The molecule has 0 aliphatic carbocycles. The van der Waals surface area contributed by atoms with E-state index in [1.807, 2.05) is 70.2 Å². The van der Waals surface area contributed by atoms with Gasteiger partial charge < -0.3 is 9.73 Å². The first-order valence-corrected chi connectivity index (χ1v) is 7.62. The molecule has 1 aromatic heterocycles. The molecule has 0 saturated carbocycles. The molecule has 0 spiro atoms. The van der Waals surface area contributed by atoms with Crippen LogP contribution in [-0.4, -0.2) is 10.9 Å². The number of amides is 1. The molecule has 1 amide bonds. The largest absolute Gasteiger partial charge is 0.436 e. The third kappa shape index (κ3) is 3.26. The van der Waals surface area contributed by atoms with Gasteiger partial charge in [0.25, 0.3) is 0 Å². The monoisotopic (exact) mass is 308 g/mol. The van der Waals surface area contributed by atoms with Crippen LogP contribution in [0.4, 0.5) is 5.69 Å². The van der Waals surface area contributed by atoms with Crippen molar-refractivity contribution in [2.75, 3.05) is 5.32 Å². The SMILES string of the molecule is Cc1cccc(-c2nc3ccc(NC(=O)C(C)(C)C)cc3o2)c1. The molecule has 0 fully saturated rings. The summed E-state index contributed by atoms with van der Waals surface area (Å²) in [5, 5.41) is 2.91. The van der Waals surface area contributed by atoms with Crippen molar-refractivity contribution in [1.82, 2.24) is 4.98 Å². The zero-order valence-corrected chi connectivity index (χ0v) is 13.8. The van der Waals surface area contributed by atoms with Crippen LogP contribution in [-0.2, 0) is 4.79 Å². The minimum absolute atomic E-state index is 0.0322. The first kappa shape index (κ1) is 15.3. The lowest BCUT2D eigenvalue weighted by atomic mass is 9.95. The highest BCUT2D eigenvalue weighted by molar-refractivity contribution is 5.96. The van der Waals surface area contributed by atoms with E-state index in [2.05, 4.69) is 10.3 Å². The molecule has 0 aliphatic heterocycles. The molecule has 3 aromatic rings. The summed E-state index contributed by atoms with van der Waals surface area (Å²) in [5.41, 5.74) is 3.81. The van der Waals surface area contributed by atoms with E-state index in [-0.39, 0.29) is 5.91 Å². The van der Waals surface area contributed by atoms with Crippen molar-refractivity contribution >= 4 is 22.7 Å². The average Bonchev–Trinajstić information content (AvgIpc) is 2.89. The van der Waals surface area contributed by atoms with Crippen molar-refractivity contribution in [2.24, 2.45) is 5.41 Å². The zero-order valence-electron chi connectivity index (χ0n) is 13.8. The Hall–Kier alpha value is -2.62. The van der Waals surface area contributed by atoms with Crippen LogP contribution < -0.4 is 5.32 Å². The lowest BCUT2D eigenvalue weighted by Crippen LogP contribution is -2.27. The van der Waals surface area contributed by atoms with Gasteiger partial charge in [-0.05, 0) is 31.2 Å². The second-order valence-electron chi connectivity index (χ2n) is 6.78. The van der Waals surface area contributed by atoms with Crippen molar-refractivity contribution in [2.45, 2.75) is 27.7 Å². The number of aromatic nitrogens is 1. The molecule has 3 rings (SSSR count). The summed E-state index contributed by atoms with van der Waals surface area (Å²) in [7, 11) is 0. The molecule has 2 aromatic carbocycles. The van der Waals surface area contributed by atoms with Crippen LogP contribution in [0.2, 0.25) is 0 Å². The van der Waals surface area contributed by atoms with E-state index in [1.54, 1.807) is 0 Å². The van der Waals surface area contributed by atoms with Gasteiger partial charge in [-0.3, -0.25) is 4.79 Å². The topological polar surface area (TPSA) is 55.1 Å². The fourth-order valence-corrected chi connectivity index (χ4v) is 2.22. The molecule has 4 nitrogen and oxygen atoms in total. The van der Waals surface area contributed by atoms with Crippen LogP contribution in [0, 0.1) is 12.3 Å². The van der Waals surface area contributed by atoms with Gasteiger partial charge in [-0.25, -0.2) is 4.98 Å². The number of rotatable bonds is 2. The normalized spacial score (nSPS) is 11.7. The Morgan fingerprint density at radius 1 is 1.13 bits per heavy atom. The van der Waals surface area contributed by atoms with Gasteiger partial charge in [-0.2, -0.15) is 0 Å². The Morgan fingerprint density at radius 3 is 2.61 bits per heavy atom. The number of anilines is 1. The standard InChI is InChI=1S/C19H20N2O2/c1-12-6-5-7-13(10-12)17-21-15-9-8-14(11-16(15)23-17)20-18(22)19(2,3)4/h5-11H,1-4H3,(H,20,22). The van der Waals surface area contributed by atoms with Gasteiger partial charge in [0.2, 0.25) is 11.8 Å². The van der Waals surface area contributed by atoms with Crippen molar-refractivity contribution in [1.29, 1.82) is 0 Å². The van der Waals surface area contributed by atoms with Crippen LogP contribution in [0.5, 0.6) is 0 Å². The number of oxazole rings is 1. The van der Waals surface area contributed by atoms with Gasteiger partial charge in [0.15, 0.2) is 5.58 Å². The molecule has 4 heteroatoms. The average molecular weight is 308 g/mol. The van der Waals surface area contributed by atoms with Crippen molar-refractivity contribution in [3.05, 3.63) is 48.0 Å². The van der Waals surface area contributed by atoms with Crippen LogP contribution in [0.3, 0.4) is 0 Å². The minimum Gasteiger partial charge on any atom is -0.436 e. The van der Waals surface area contributed by atoms with E-state index < -0.39 is 5.41 Å². The summed E-state index contributed by atoms with van der Waals surface area (Å²) in [5.74, 6) is 0.554. The summed E-state index contributed by atoms with van der Waals surface area (Å²) < 4.78 is 5.85. The molecule has 1 N–H and O–H groups in total. The van der Waals surface area contributed by atoms with Gasteiger partial charge in [0, 0.05) is 22.7 Å². The van der Waals surface area contributed by atoms with E-state index >= 15 is 0 Å². The highest BCUT2D eigenvalue weighted by atomic mass is 16.3. The van der Waals surface area contributed by atoms with Crippen LogP contribution in [0.15, 0.2) is 46.9 Å². The van der Waals surface area contributed by atoms with Gasteiger partial charge in [0.1, 0.15) is 5.52 Å². The maximum Gasteiger partial charge on any atom is 0.229 e. The number of carbonyl (C=O) groups excluding carboxylic acids is 1. The predicted octanol–water partition coefficient (Wildman–Crippen LogP) is 4.79. The second kappa shape index (κ2) is 5.54. The molecule has 0 unspecified atom stereocenters. The number of nitrogens with one attached hydrogen (secondary N) is 1. The van der Waals surface area contributed by atoms with Crippen molar-refractivity contribution in [3.63, 3.8) is 0 Å². The number of aryl methyl sites for hydroxylation is 1. The maximum absolute atomic E-state index is 12.1. The summed E-state index contributed by atoms with van der Waals surface area (Å²) >= 11 is 0. The van der Waals surface area contributed by atoms with E-state index in [0.717, 1.165) is 16.6 Å². The molecule has 23 heavy (non-hydrogen) atoms. The fraction of sp³-hybridized carbons (Fsp3) is 0.263. The quantitative estimate of drug-likeness (QED) is 0.740. The summed E-state index contributed by atoms with van der Waals surface area (Å²) in [6.45, 7) is 7.67. The highest BCUT2D eigenvalue weighted by Gasteiger charge is 2.21. The molecule has 0 radical (unpaired) electrons. The molecule has 118 valence electrons.